The molecular weight excluding hydrogens is 224 g/mol. The van der Waals surface area contributed by atoms with Crippen molar-refractivity contribution in [2.24, 2.45) is 5.92 Å². The van der Waals surface area contributed by atoms with Gasteiger partial charge < -0.3 is 20.1 Å². The molecule has 100 valence electrons. The number of rotatable bonds is 7. The van der Waals surface area contributed by atoms with Gasteiger partial charge >= 0.3 is 12.0 Å². The first-order chi connectivity index (χ1) is 7.93. The van der Waals surface area contributed by atoms with E-state index >= 15 is 0 Å². The number of urea groups is 1. The van der Waals surface area contributed by atoms with Crippen LogP contribution >= 0.6 is 0 Å². The average molecular weight is 246 g/mol. The minimum atomic E-state index is -1.01. The molecule has 0 aliphatic carbocycles. The Morgan fingerprint density at radius 1 is 1.47 bits per heavy atom. The Bertz CT molecular complexity index is 258. The Morgan fingerprint density at radius 2 is 2.06 bits per heavy atom. The topological polar surface area (TPSA) is 78.9 Å². The van der Waals surface area contributed by atoms with Crippen LogP contribution in [0.1, 0.15) is 20.3 Å². The fraction of sp³-hybridized carbons (Fsp3) is 0.818. The molecule has 0 radical (unpaired) electrons. The van der Waals surface area contributed by atoms with Crippen LogP contribution in [0.3, 0.4) is 0 Å². The van der Waals surface area contributed by atoms with Gasteiger partial charge in [-0.2, -0.15) is 0 Å². The van der Waals surface area contributed by atoms with Crippen molar-refractivity contribution < 1.29 is 19.4 Å². The van der Waals surface area contributed by atoms with Gasteiger partial charge in [0.1, 0.15) is 6.04 Å². The summed E-state index contributed by atoms with van der Waals surface area (Å²) in [6, 6.07) is -1.24. The molecular formula is C11H22N2O4. The molecule has 2 atom stereocenters. The van der Waals surface area contributed by atoms with Crippen molar-refractivity contribution in [2.45, 2.75) is 26.3 Å². The van der Waals surface area contributed by atoms with E-state index in [2.05, 4.69) is 5.32 Å². The monoisotopic (exact) mass is 246 g/mol. The van der Waals surface area contributed by atoms with Crippen LogP contribution < -0.4 is 5.32 Å². The number of hydrogen-bond donors (Lipinski definition) is 2. The van der Waals surface area contributed by atoms with E-state index in [1.807, 2.05) is 6.92 Å². The molecule has 0 heterocycles. The van der Waals surface area contributed by atoms with Crippen LogP contribution in [0.15, 0.2) is 0 Å². The number of ether oxygens (including phenoxy) is 1. The maximum atomic E-state index is 11.7. The Labute approximate surface area is 102 Å². The number of carbonyl (C=O) groups is 2. The second kappa shape index (κ2) is 7.89. The number of amides is 2. The number of carboxylic acid groups (broad SMARTS) is 1. The number of methoxy groups -OCH3 is 1. The van der Waals surface area contributed by atoms with Crippen LogP contribution in [-0.4, -0.2) is 55.4 Å². The summed E-state index contributed by atoms with van der Waals surface area (Å²) in [6.45, 7) is 4.54. The zero-order valence-electron chi connectivity index (χ0n) is 10.9. The summed E-state index contributed by atoms with van der Waals surface area (Å²) < 4.78 is 4.85. The van der Waals surface area contributed by atoms with E-state index in [-0.39, 0.29) is 5.92 Å². The summed E-state index contributed by atoms with van der Waals surface area (Å²) >= 11 is 0. The molecule has 0 aromatic rings. The highest BCUT2D eigenvalue weighted by molar-refractivity contribution is 5.82. The van der Waals surface area contributed by atoms with Gasteiger partial charge in [0.2, 0.25) is 0 Å². The van der Waals surface area contributed by atoms with Crippen molar-refractivity contribution >= 4 is 12.0 Å². The van der Waals surface area contributed by atoms with Crippen LogP contribution in [0.5, 0.6) is 0 Å². The van der Waals surface area contributed by atoms with E-state index < -0.39 is 18.0 Å². The predicted molar refractivity (Wildman–Crippen MR) is 63.9 cm³/mol. The second-order valence-electron chi connectivity index (χ2n) is 4.07. The molecule has 0 fully saturated rings. The Morgan fingerprint density at radius 3 is 2.47 bits per heavy atom. The number of nitrogens with one attached hydrogen (secondary N) is 1. The lowest BCUT2D eigenvalue weighted by atomic mass is 9.99. The van der Waals surface area contributed by atoms with Gasteiger partial charge in [-0.15, -0.1) is 0 Å². The van der Waals surface area contributed by atoms with Crippen molar-refractivity contribution in [3.63, 3.8) is 0 Å². The fourth-order valence-electron chi connectivity index (χ4n) is 1.26. The molecule has 0 rings (SSSR count). The Kier molecular flexibility index (Phi) is 7.29. The third-order valence-electron chi connectivity index (χ3n) is 2.74. The number of aliphatic carboxylic acids is 1. The Hall–Kier alpha value is -1.30. The molecule has 0 aliphatic heterocycles. The summed E-state index contributed by atoms with van der Waals surface area (Å²) in [5.74, 6) is -1.11. The summed E-state index contributed by atoms with van der Waals surface area (Å²) in [6.07, 6.45) is 0.693. The summed E-state index contributed by atoms with van der Waals surface area (Å²) in [5, 5.41) is 11.5. The van der Waals surface area contributed by atoms with E-state index in [9.17, 15) is 9.59 Å². The molecule has 17 heavy (non-hydrogen) atoms. The van der Waals surface area contributed by atoms with Crippen LogP contribution in [-0.2, 0) is 9.53 Å². The van der Waals surface area contributed by atoms with Crippen LogP contribution in [0.2, 0.25) is 0 Å². The average Bonchev–Trinajstić information content (AvgIpc) is 2.31. The predicted octanol–water partition coefficient (Wildman–Crippen LogP) is 0.773. The highest BCUT2D eigenvalue weighted by Gasteiger charge is 2.26. The molecule has 2 N–H and O–H groups in total. The fourth-order valence-corrected chi connectivity index (χ4v) is 1.26. The molecule has 0 spiro atoms. The van der Waals surface area contributed by atoms with Gasteiger partial charge in [0.15, 0.2) is 0 Å². The van der Waals surface area contributed by atoms with Crippen LogP contribution in [0.4, 0.5) is 4.79 Å². The van der Waals surface area contributed by atoms with Crippen LogP contribution in [0, 0.1) is 5.92 Å². The van der Waals surface area contributed by atoms with Crippen molar-refractivity contribution in [3.8, 4) is 0 Å². The molecule has 2 unspecified atom stereocenters. The first-order valence-electron chi connectivity index (χ1n) is 5.67. The normalized spacial score (nSPS) is 13.9. The number of carbonyl (C=O) groups excluding carboxylic acids is 1. The van der Waals surface area contributed by atoms with Gasteiger partial charge in [-0.25, -0.2) is 9.59 Å². The lowest BCUT2D eigenvalue weighted by Gasteiger charge is -2.24. The zero-order valence-corrected chi connectivity index (χ0v) is 10.9. The third kappa shape index (κ3) is 5.53. The van der Waals surface area contributed by atoms with Crippen LogP contribution in [0.25, 0.3) is 0 Å². The van der Waals surface area contributed by atoms with Gasteiger partial charge in [-0.1, -0.05) is 20.3 Å². The lowest BCUT2D eigenvalue weighted by molar-refractivity contribution is -0.140. The molecule has 0 saturated carbocycles. The van der Waals surface area contributed by atoms with E-state index in [0.717, 1.165) is 0 Å². The van der Waals surface area contributed by atoms with Gasteiger partial charge in [-0.3, -0.25) is 0 Å². The molecule has 0 bridgehead atoms. The SMILES string of the molecule is CCC(C)C(NC(=O)N(C)CCOC)C(=O)O. The minimum Gasteiger partial charge on any atom is -0.480 e. The smallest absolute Gasteiger partial charge is 0.326 e. The number of carboxylic acids is 1. The molecule has 6 heteroatoms. The summed E-state index contributed by atoms with van der Waals surface area (Å²) in [4.78, 5) is 24.1. The van der Waals surface area contributed by atoms with E-state index in [4.69, 9.17) is 9.84 Å². The quantitative estimate of drug-likeness (QED) is 0.695. The van der Waals surface area contributed by atoms with Gasteiger partial charge in [0.25, 0.3) is 0 Å². The highest BCUT2D eigenvalue weighted by Crippen LogP contribution is 2.08. The van der Waals surface area contributed by atoms with Crippen molar-refractivity contribution in [1.29, 1.82) is 0 Å². The second-order valence-corrected chi connectivity index (χ2v) is 4.07. The first-order valence-corrected chi connectivity index (χ1v) is 5.67. The molecule has 2 amide bonds. The number of nitrogens with zero attached hydrogens (tertiary/aromatic N) is 1. The Balaban J connectivity index is 4.35. The maximum Gasteiger partial charge on any atom is 0.326 e. The standard InChI is InChI=1S/C11H22N2O4/c1-5-8(2)9(10(14)15)12-11(16)13(3)6-7-17-4/h8-9H,5-7H2,1-4H3,(H,12,16)(H,14,15). The minimum absolute atomic E-state index is 0.104. The lowest BCUT2D eigenvalue weighted by Crippen LogP contribution is -2.50. The number of likely N-dealkylation sites (N-methyl/N-ethyl adjacent to an activating group) is 1. The number of hydrogen-bond acceptors (Lipinski definition) is 3. The maximum absolute atomic E-state index is 11.7. The van der Waals surface area contributed by atoms with Gasteiger partial charge in [0.05, 0.1) is 6.61 Å². The highest BCUT2D eigenvalue weighted by atomic mass is 16.5. The van der Waals surface area contributed by atoms with Crippen molar-refractivity contribution in [1.82, 2.24) is 10.2 Å². The molecule has 0 aliphatic rings. The molecule has 6 nitrogen and oxygen atoms in total. The largest absolute Gasteiger partial charge is 0.480 e. The molecule has 0 aromatic carbocycles. The molecule has 0 aromatic heterocycles. The molecule has 0 saturated heterocycles. The van der Waals surface area contributed by atoms with Crippen molar-refractivity contribution in [3.05, 3.63) is 0 Å². The summed E-state index contributed by atoms with van der Waals surface area (Å²) in [5.41, 5.74) is 0. The van der Waals surface area contributed by atoms with E-state index in [0.29, 0.717) is 19.6 Å². The third-order valence-corrected chi connectivity index (χ3v) is 2.74. The first kappa shape index (κ1) is 15.7. The van der Waals surface area contributed by atoms with E-state index in [1.165, 1.54) is 4.90 Å². The summed E-state index contributed by atoms with van der Waals surface area (Å²) in [7, 11) is 3.15. The van der Waals surface area contributed by atoms with Crippen molar-refractivity contribution in [2.75, 3.05) is 27.3 Å². The van der Waals surface area contributed by atoms with E-state index in [1.54, 1.807) is 21.1 Å². The van der Waals surface area contributed by atoms with Gasteiger partial charge in [0, 0.05) is 20.7 Å². The van der Waals surface area contributed by atoms with Gasteiger partial charge in [-0.05, 0) is 5.92 Å². The zero-order chi connectivity index (χ0) is 13.4.